The molecule has 0 aliphatic heterocycles. The number of aryl methyl sites for hydroxylation is 2. The van der Waals surface area contributed by atoms with E-state index in [0.717, 1.165) is 19.3 Å². The van der Waals surface area contributed by atoms with Crippen LogP contribution in [0.15, 0.2) is 20.8 Å². The zero-order valence-electron chi connectivity index (χ0n) is 13.2. The predicted molar refractivity (Wildman–Crippen MR) is 84.0 cm³/mol. The Hall–Kier alpha value is -2.24. The first kappa shape index (κ1) is 15.6. The van der Waals surface area contributed by atoms with E-state index in [4.69, 9.17) is 4.52 Å². The van der Waals surface area contributed by atoms with E-state index in [9.17, 15) is 14.7 Å². The topological polar surface area (TPSA) is 92.8 Å². The van der Waals surface area contributed by atoms with Gasteiger partial charge in [-0.15, -0.1) is 0 Å². The van der Waals surface area contributed by atoms with E-state index in [2.05, 4.69) is 10.1 Å². The lowest BCUT2D eigenvalue weighted by Gasteiger charge is -2.17. The Balaban J connectivity index is 1.80. The molecule has 1 aromatic heterocycles. The molecule has 1 aromatic rings. The zero-order chi connectivity index (χ0) is 16.4. The summed E-state index contributed by atoms with van der Waals surface area (Å²) in [5.74, 6) is 0.676. The lowest BCUT2D eigenvalue weighted by molar-refractivity contribution is -0.115. The van der Waals surface area contributed by atoms with Gasteiger partial charge in [0.25, 0.3) is 0 Å². The smallest absolute Gasteiger partial charge is 0.168 e. The summed E-state index contributed by atoms with van der Waals surface area (Å²) < 4.78 is 5.24. The number of hydrogen-bond donors (Lipinski definition) is 1. The van der Waals surface area contributed by atoms with Crippen LogP contribution in [0, 0.1) is 0 Å². The Labute approximate surface area is 134 Å². The van der Waals surface area contributed by atoms with Gasteiger partial charge in [-0.25, -0.2) is 0 Å². The molecule has 1 heterocycles. The van der Waals surface area contributed by atoms with Crippen molar-refractivity contribution in [3.8, 4) is 0 Å². The maximum absolute atomic E-state index is 12.1. The van der Waals surface area contributed by atoms with Crippen LogP contribution in [0.25, 0.3) is 0 Å². The van der Waals surface area contributed by atoms with Crippen molar-refractivity contribution >= 4 is 17.3 Å². The molecule has 1 saturated carbocycles. The number of aliphatic imine (C=N–C) groups is 1. The van der Waals surface area contributed by atoms with E-state index in [1.165, 1.54) is 0 Å². The number of aromatic nitrogens is 1. The molecule has 0 unspecified atom stereocenters. The van der Waals surface area contributed by atoms with Gasteiger partial charge in [0.1, 0.15) is 11.5 Å². The maximum atomic E-state index is 12.1. The summed E-state index contributed by atoms with van der Waals surface area (Å²) in [7, 11) is 1.63. The minimum atomic E-state index is -0.0624. The molecule has 0 atom stereocenters. The highest BCUT2D eigenvalue weighted by Crippen LogP contribution is 2.27. The van der Waals surface area contributed by atoms with Gasteiger partial charge < -0.3 is 9.63 Å². The largest absolute Gasteiger partial charge is 0.511 e. The van der Waals surface area contributed by atoms with E-state index in [0.29, 0.717) is 54.0 Å². The Morgan fingerprint density at radius 3 is 2.70 bits per heavy atom. The van der Waals surface area contributed by atoms with Gasteiger partial charge >= 0.3 is 0 Å². The zero-order valence-corrected chi connectivity index (χ0v) is 13.2. The number of fused-ring (bicyclic) bond motifs is 1. The second kappa shape index (κ2) is 6.48. The normalized spacial score (nSPS) is 22.4. The fourth-order valence-corrected chi connectivity index (χ4v) is 3.29. The van der Waals surface area contributed by atoms with Crippen LogP contribution in [0.5, 0.6) is 0 Å². The van der Waals surface area contributed by atoms with Gasteiger partial charge in [-0.2, -0.15) is 0 Å². The van der Waals surface area contributed by atoms with Gasteiger partial charge in [-0.3, -0.25) is 14.6 Å². The van der Waals surface area contributed by atoms with E-state index in [-0.39, 0.29) is 23.7 Å². The predicted octanol–water partition coefficient (Wildman–Crippen LogP) is 2.76. The molecule has 0 spiro atoms. The van der Waals surface area contributed by atoms with Gasteiger partial charge in [-0.1, -0.05) is 5.16 Å². The highest BCUT2D eigenvalue weighted by Gasteiger charge is 2.28. The quantitative estimate of drug-likeness (QED) is 0.683. The van der Waals surface area contributed by atoms with E-state index in [1.807, 2.05) is 0 Å². The van der Waals surface area contributed by atoms with Crippen LogP contribution >= 0.6 is 0 Å². The summed E-state index contributed by atoms with van der Waals surface area (Å²) in [6, 6.07) is 0. The van der Waals surface area contributed by atoms with Crippen molar-refractivity contribution in [3.05, 3.63) is 28.3 Å². The first-order chi connectivity index (χ1) is 11.1. The first-order valence-corrected chi connectivity index (χ1v) is 8.03. The minimum absolute atomic E-state index is 0.0373. The second-order valence-corrected chi connectivity index (χ2v) is 5.97. The van der Waals surface area contributed by atoms with Crippen LogP contribution in [0.2, 0.25) is 0 Å². The number of Topliss-reactive ketones (excluding diaryl/α,β-unsaturated/α-hetero) is 2. The van der Waals surface area contributed by atoms with Crippen molar-refractivity contribution < 1.29 is 19.2 Å². The van der Waals surface area contributed by atoms with Crippen LogP contribution in [-0.2, 0) is 17.6 Å². The van der Waals surface area contributed by atoms with Crippen LogP contribution in [0.1, 0.15) is 60.3 Å². The standard InChI is InChI=1S/C17H20N2O4/c1-18-10-4-2-5-12(20)16(10)14(22)9-8-11-17-13(21)6-3-7-15(17)23-19-11/h22H,2-9H2,1H3. The molecule has 23 heavy (non-hydrogen) atoms. The number of hydrogen-bond acceptors (Lipinski definition) is 6. The van der Waals surface area contributed by atoms with Crippen molar-refractivity contribution in [2.75, 3.05) is 7.05 Å². The number of nitrogens with zero attached hydrogens (tertiary/aromatic N) is 2. The summed E-state index contributed by atoms with van der Waals surface area (Å²) in [5.41, 5.74) is 2.17. The Kier molecular flexibility index (Phi) is 4.41. The molecule has 6 nitrogen and oxygen atoms in total. The summed E-state index contributed by atoms with van der Waals surface area (Å²) in [6.07, 6.45) is 4.59. The number of aliphatic hydroxyl groups is 1. The third-order valence-corrected chi connectivity index (χ3v) is 4.46. The van der Waals surface area contributed by atoms with Crippen molar-refractivity contribution in [2.45, 2.75) is 51.4 Å². The molecule has 0 aromatic carbocycles. The number of carbonyl (C=O) groups is 2. The lowest BCUT2D eigenvalue weighted by atomic mass is 9.89. The van der Waals surface area contributed by atoms with Crippen molar-refractivity contribution in [3.63, 3.8) is 0 Å². The molecular weight excluding hydrogens is 296 g/mol. The SMILES string of the molecule is CN=C1CCCC(=O)C1=C(O)CCc1noc2c1C(=O)CCC2. The van der Waals surface area contributed by atoms with Crippen molar-refractivity contribution in [2.24, 2.45) is 4.99 Å². The Bertz CT molecular complexity index is 712. The van der Waals surface area contributed by atoms with Crippen molar-refractivity contribution in [1.29, 1.82) is 0 Å². The lowest BCUT2D eigenvalue weighted by Crippen LogP contribution is -2.21. The van der Waals surface area contributed by atoms with E-state index >= 15 is 0 Å². The fraction of sp³-hybridized carbons (Fsp3) is 0.529. The minimum Gasteiger partial charge on any atom is -0.511 e. The summed E-state index contributed by atoms with van der Waals surface area (Å²) in [6.45, 7) is 0. The molecule has 3 rings (SSSR count). The molecule has 2 aliphatic carbocycles. The first-order valence-electron chi connectivity index (χ1n) is 8.03. The molecule has 0 radical (unpaired) electrons. The summed E-state index contributed by atoms with van der Waals surface area (Å²) in [5, 5.41) is 14.3. The maximum Gasteiger partial charge on any atom is 0.168 e. The molecule has 6 heteroatoms. The van der Waals surface area contributed by atoms with Gasteiger partial charge in [0.2, 0.25) is 0 Å². The van der Waals surface area contributed by atoms with Crippen molar-refractivity contribution in [1.82, 2.24) is 5.16 Å². The third-order valence-electron chi connectivity index (χ3n) is 4.46. The van der Waals surface area contributed by atoms with E-state index in [1.54, 1.807) is 7.05 Å². The molecule has 0 bridgehead atoms. The molecule has 0 amide bonds. The second-order valence-electron chi connectivity index (χ2n) is 5.97. The van der Waals surface area contributed by atoms with Gasteiger partial charge in [0.15, 0.2) is 11.6 Å². The number of carbonyl (C=O) groups excluding carboxylic acids is 2. The molecule has 2 aliphatic rings. The number of allylic oxidation sites excluding steroid dienone is 2. The average molecular weight is 316 g/mol. The molecule has 122 valence electrons. The fourth-order valence-electron chi connectivity index (χ4n) is 3.29. The number of aliphatic hydroxyl groups excluding tert-OH is 1. The van der Waals surface area contributed by atoms with Gasteiger partial charge in [-0.05, 0) is 19.3 Å². The van der Waals surface area contributed by atoms with Crippen LogP contribution in [0.4, 0.5) is 0 Å². The highest BCUT2D eigenvalue weighted by atomic mass is 16.5. The molecular formula is C17H20N2O4. The number of rotatable bonds is 3. The van der Waals surface area contributed by atoms with Crippen LogP contribution in [0.3, 0.4) is 0 Å². The van der Waals surface area contributed by atoms with Crippen LogP contribution < -0.4 is 0 Å². The summed E-state index contributed by atoms with van der Waals surface area (Å²) >= 11 is 0. The van der Waals surface area contributed by atoms with E-state index < -0.39 is 0 Å². The average Bonchev–Trinajstić information content (AvgIpc) is 2.97. The highest BCUT2D eigenvalue weighted by molar-refractivity contribution is 6.24. The number of ketones is 2. The molecule has 1 fully saturated rings. The van der Waals surface area contributed by atoms with Crippen LogP contribution in [-0.4, -0.2) is 34.6 Å². The van der Waals surface area contributed by atoms with Gasteiger partial charge in [0.05, 0.1) is 16.8 Å². The van der Waals surface area contributed by atoms with Gasteiger partial charge in [0, 0.05) is 44.9 Å². The summed E-state index contributed by atoms with van der Waals surface area (Å²) in [4.78, 5) is 28.2. The molecule has 1 N–H and O–H groups in total. The molecule has 0 saturated heterocycles. The Morgan fingerprint density at radius 1 is 1.17 bits per heavy atom. The third kappa shape index (κ3) is 2.98. The Morgan fingerprint density at radius 2 is 1.91 bits per heavy atom. The monoisotopic (exact) mass is 316 g/mol.